The Bertz CT molecular complexity index is 1520. The molecule has 6 heterocycles. The predicted octanol–water partition coefficient (Wildman–Crippen LogP) is 2.30. The molecule has 0 spiro atoms. The average molecular weight is 987 g/mol. The van der Waals surface area contributed by atoms with Crippen molar-refractivity contribution in [2.24, 2.45) is 11.8 Å². The molecule has 6 aliphatic heterocycles. The molecule has 356 valence electrons. The second kappa shape index (κ2) is 23.5. The van der Waals surface area contributed by atoms with Gasteiger partial charge in [0, 0.05) is 83.6 Å². The number of hydrogen-bond acceptors (Lipinski definition) is 19. The predicted molar refractivity (Wildman–Crippen MR) is 235 cm³/mol. The van der Waals surface area contributed by atoms with E-state index in [0.29, 0.717) is 0 Å². The third kappa shape index (κ3) is 14.1. The van der Waals surface area contributed by atoms with Crippen LogP contribution in [0.2, 0.25) is 0 Å². The van der Waals surface area contributed by atoms with Gasteiger partial charge in [0.2, 0.25) is 0 Å². The van der Waals surface area contributed by atoms with Crippen LogP contribution in [0.5, 0.6) is 0 Å². The molecule has 6 saturated heterocycles. The highest BCUT2D eigenvalue weighted by Gasteiger charge is 2.57. The molecule has 0 radical (unpaired) electrons. The fraction of sp³-hybridized carbons (Fsp3) is 0.947. The number of carbonyl (C=O) groups excluding carboxylic acids is 2. The number of fused-ring (bicyclic) bond motifs is 2. The van der Waals surface area contributed by atoms with Crippen molar-refractivity contribution in [3.8, 4) is 0 Å². The Balaban J connectivity index is 0.000000283. The summed E-state index contributed by atoms with van der Waals surface area (Å²) < 4.78 is 70.0. The molecular weight excluding hydrogens is 921 g/mol. The second-order valence-corrected chi connectivity index (χ2v) is 23.7. The molecular formula is C38H66O17S6. The summed E-state index contributed by atoms with van der Waals surface area (Å²) in [6, 6.07) is 0. The molecule has 23 heteroatoms. The van der Waals surface area contributed by atoms with Crippen molar-refractivity contribution in [3.05, 3.63) is 0 Å². The van der Waals surface area contributed by atoms with E-state index in [4.69, 9.17) is 56.8 Å². The number of hydrogen-bond donors (Lipinski definition) is 3. The number of carbonyl (C=O) groups is 2. The summed E-state index contributed by atoms with van der Waals surface area (Å²) in [5.41, 5.74) is 0. The molecule has 6 aliphatic rings. The Morgan fingerprint density at radius 1 is 0.525 bits per heavy atom. The van der Waals surface area contributed by atoms with Gasteiger partial charge in [-0.25, -0.2) is 0 Å². The summed E-state index contributed by atoms with van der Waals surface area (Å²) in [5.74, 6) is -2.35. The van der Waals surface area contributed by atoms with Crippen LogP contribution in [0.25, 0.3) is 0 Å². The highest BCUT2D eigenvalue weighted by molar-refractivity contribution is 8.64. The molecule has 0 aromatic heterocycles. The van der Waals surface area contributed by atoms with Gasteiger partial charge in [-0.3, -0.25) is 9.59 Å². The summed E-state index contributed by atoms with van der Waals surface area (Å²) in [7, 11) is 5.63. The van der Waals surface area contributed by atoms with Crippen LogP contribution in [0.1, 0.15) is 97.4 Å². The Kier molecular flexibility index (Phi) is 21.2. The van der Waals surface area contributed by atoms with E-state index in [1.165, 1.54) is 49.4 Å². The van der Waals surface area contributed by atoms with E-state index in [9.17, 15) is 24.9 Å². The van der Waals surface area contributed by atoms with Crippen molar-refractivity contribution in [2.75, 3.05) is 0 Å². The molecule has 8 unspecified atom stereocenters. The average Bonchev–Trinajstić information content (AvgIpc) is 3.67. The van der Waals surface area contributed by atoms with E-state index in [-0.39, 0.29) is 43.7 Å². The van der Waals surface area contributed by atoms with E-state index in [0.717, 1.165) is 0 Å². The number of aliphatic hydroxyl groups is 3. The topological polar surface area (TPSA) is 206 Å². The second-order valence-electron chi connectivity index (χ2n) is 16.6. The number of aliphatic hydroxyl groups excluding tert-OH is 3. The zero-order valence-electron chi connectivity index (χ0n) is 36.1. The normalized spacial score (nSPS) is 44.4. The van der Waals surface area contributed by atoms with Gasteiger partial charge in [-0.1, -0.05) is 21.3 Å². The van der Waals surface area contributed by atoms with Gasteiger partial charge < -0.3 is 72.2 Å². The largest absolute Gasteiger partial charge is 0.457 e. The standard InChI is InChI=1S/C19H32O8.C18H30O9.CH4.S6/c1-8-9(2)23-18(17-14(8)26-19(6,7)27-17)25-16-13(21)10(3)22-11(4)15(16)24-12(5)20;1-7-8(2)23-17(15-12(7)26-18(5,6)27-15)25-14-11(20)16(21)22-9(3)13(14)24-10(4)19;;1-3-5-6-4-2/h8-11,13-18,21H,1-7H3;7-9,11-17,20-21H,1-6H3;1H4;/t8-,9?,10-,11?,13-,14-,15-,16?,17?,18-;7-,8?,9?,11+,12-,13-,14?,15?,16-,17-;;/m00../s1. The first-order chi connectivity index (χ1) is 27.9. The van der Waals surface area contributed by atoms with Crippen molar-refractivity contribution in [1.29, 1.82) is 0 Å². The number of esters is 2. The van der Waals surface area contributed by atoms with Gasteiger partial charge in [0.15, 0.2) is 42.7 Å². The zero-order valence-corrected chi connectivity index (χ0v) is 41.0. The zero-order chi connectivity index (χ0) is 45.0. The van der Waals surface area contributed by atoms with Crippen LogP contribution >= 0.6 is 0 Å². The van der Waals surface area contributed by atoms with E-state index in [2.05, 4.69) is 29.3 Å². The quantitative estimate of drug-likeness (QED) is 0.327. The monoisotopic (exact) mass is 986 g/mol. The van der Waals surface area contributed by atoms with E-state index in [1.807, 2.05) is 48.5 Å². The Morgan fingerprint density at radius 3 is 1.26 bits per heavy atom. The molecule has 6 fully saturated rings. The number of ether oxygens (including phenoxy) is 12. The molecule has 0 aliphatic carbocycles. The maximum Gasteiger partial charge on any atom is 0.303 e. The molecule has 0 aromatic carbocycles. The molecule has 0 amide bonds. The van der Waals surface area contributed by atoms with Gasteiger partial charge in [-0.2, -0.15) is 0 Å². The van der Waals surface area contributed by atoms with Crippen molar-refractivity contribution in [2.45, 2.75) is 219 Å². The van der Waals surface area contributed by atoms with Crippen LogP contribution in [0.3, 0.4) is 0 Å². The smallest absolute Gasteiger partial charge is 0.303 e. The lowest BCUT2D eigenvalue weighted by atomic mass is 9.91. The third-order valence-electron chi connectivity index (χ3n) is 11.2. The molecule has 20 atom stereocenters. The lowest BCUT2D eigenvalue weighted by molar-refractivity contribution is -0.339. The molecule has 17 nitrogen and oxygen atoms in total. The molecule has 0 aromatic rings. The van der Waals surface area contributed by atoms with Gasteiger partial charge >= 0.3 is 11.9 Å². The van der Waals surface area contributed by atoms with Crippen LogP contribution in [0, 0.1) is 11.8 Å². The van der Waals surface area contributed by atoms with Gasteiger partial charge in [0.25, 0.3) is 0 Å². The fourth-order valence-corrected chi connectivity index (χ4v) is 13.5. The maximum atomic E-state index is 11.6. The summed E-state index contributed by atoms with van der Waals surface area (Å²) in [4.78, 5) is 23.0. The number of rotatable bonds is 6. The van der Waals surface area contributed by atoms with Crippen molar-refractivity contribution >= 4 is 69.8 Å². The van der Waals surface area contributed by atoms with E-state index < -0.39 is 110 Å². The van der Waals surface area contributed by atoms with Crippen molar-refractivity contribution in [3.63, 3.8) is 0 Å². The molecule has 6 rings (SSSR count). The molecule has 61 heavy (non-hydrogen) atoms. The molecule has 0 bridgehead atoms. The minimum Gasteiger partial charge on any atom is -0.457 e. The highest BCUT2D eigenvalue weighted by Crippen LogP contribution is 2.43. The van der Waals surface area contributed by atoms with Gasteiger partial charge in [-0.05, 0) is 62.3 Å². The van der Waals surface area contributed by atoms with Crippen LogP contribution < -0.4 is 0 Å². The fourth-order valence-electron chi connectivity index (χ4n) is 8.03. The van der Waals surface area contributed by atoms with Gasteiger partial charge in [-0.15, -0.1) is 0 Å². The van der Waals surface area contributed by atoms with Crippen LogP contribution in [-0.4, -0.2) is 149 Å². The summed E-state index contributed by atoms with van der Waals surface area (Å²) >= 11 is 9.03. The Hall–Kier alpha value is -0.260. The third-order valence-corrected chi connectivity index (χ3v) is 17.8. The first-order valence-corrected chi connectivity index (χ1v) is 26.5. The minimum atomic E-state index is -1.47. The Labute approximate surface area is 380 Å². The van der Waals surface area contributed by atoms with Crippen molar-refractivity contribution in [1.82, 2.24) is 0 Å². The highest BCUT2D eigenvalue weighted by atomic mass is 33.3. The minimum absolute atomic E-state index is 0. The first kappa shape index (κ1) is 55.1. The van der Waals surface area contributed by atoms with Crippen LogP contribution in [-0.2, 0) is 124 Å². The van der Waals surface area contributed by atoms with Crippen LogP contribution in [0.4, 0.5) is 0 Å². The van der Waals surface area contributed by atoms with Gasteiger partial charge in [0.05, 0.1) is 42.7 Å². The van der Waals surface area contributed by atoms with Crippen molar-refractivity contribution < 1.29 is 81.8 Å². The lowest BCUT2D eigenvalue weighted by Crippen LogP contribution is -2.62. The first-order valence-electron chi connectivity index (χ1n) is 19.9. The van der Waals surface area contributed by atoms with Gasteiger partial charge in [0.1, 0.15) is 36.6 Å². The molecule has 0 saturated carbocycles. The Morgan fingerprint density at radius 2 is 0.885 bits per heavy atom. The lowest BCUT2D eigenvalue weighted by Gasteiger charge is -2.46. The SMILES string of the molecule is C.CC(=O)O[C@H]1C(C)O[C@@H](C)[C@H](O)C1O[C@@H]1OC(C)[C@H](C)[C@@H]2OC(C)(C)OC12.CC(=O)O[C@H]1C(C)O[C@H](O)[C@H](O)C1O[C@@H]1OC(C)[C@H](C)[C@@H]2OC(C)(C)OC12.S=S=S=S=S=S. The van der Waals surface area contributed by atoms with E-state index >= 15 is 0 Å². The van der Waals surface area contributed by atoms with Crippen LogP contribution in [0.15, 0.2) is 0 Å². The maximum absolute atomic E-state index is 11.6. The summed E-state index contributed by atoms with van der Waals surface area (Å²) in [6.45, 7) is 23.0. The molecule has 3 N–H and O–H groups in total. The van der Waals surface area contributed by atoms with E-state index in [1.54, 1.807) is 20.8 Å². The summed E-state index contributed by atoms with van der Waals surface area (Å²) in [5, 5.41) is 31.0. The summed E-state index contributed by atoms with van der Waals surface area (Å²) in [6.07, 6.45) is -12.2.